The van der Waals surface area contributed by atoms with Crippen LogP contribution in [-0.2, 0) is 32.7 Å². The summed E-state index contributed by atoms with van der Waals surface area (Å²) in [5.74, 6) is -2.55. The molecule has 0 radical (unpaired) electrons. The van der Waals surface area contributed by atoms with Crippen LogP contribution in [0.5, 0.6) is 0 Å². The molecule has 0 fully saturated rings. The van der Waals surface area contributed by atoms with E-state index >= 15 is 0 Å². The minimum Gasteiger partial charge on any atom is -0.480 e. The summed E-state index contributed by atoms with van der Waals surface area (Å²) < 4.78 is 26.4. The van der Waals surface area contributed by atoms with Crippen LogP contribution in [0.25, 0.3) is 0 Å². The molecule has 0 saturated heterocycles. The Morgan fingerprint density at radius 1 is 0.660 bits per heavy atom. The number of esters is 1. The molecule has 1 amide bonds. The fraction of sp³-hybridized carbons (Fsp3) is 0.553. The minimum absolute atomic E-state index is 0.0151. The van der Waals surface area contributed by atoms with E-state index < -0.39 is 57.6 Å². The number of carbonyl (C=O) groups excluding carboxylic acids is 2. The van der Waals surface area contributed by atoms with Gasteiger partial charge in [-0.25, -0.2) is 9.36 Å². The first-order chi connectivity index (χ1) is 24.1. The van der Waals surface area contributed by atoms with Gasteiger partial charge in [0.2, 0.25) is 5.91 Å². The highest BCUT2D eigenvalue weighted by Gasteiger charge is 2.28. The number of carboxylic acids is 1. The summed E-state index contributed by atoms with van der Waals surface area (Å²) in [4.78, 5) is 45.2. The van der Waals surface area contributed by atoms with Crippen molar-refractivity contribution < 1.29 is 47.8 Å². The molecule has 3 unspecified atom stereocenters. The molecule has 282 valence electrons. The summed E-state index contributed by atoms with van der Waals surface area (Å²) >= 11 is 0. The van der Waals surface area contributed by atoms with Gasteiger partial charge in [-0.2, -0.15) is 0 Å². The van der Waals surface area contributed by atoms with Crippen LogP contribution in [-0.4, -0.2) is 64.9 Å². The van der Waals surface area contributed by atoms with Gasteiger partial charge in [0.25, 0.3) is 0 Å². The van der Waals surface area contributed by atoms with Crippen LogP contribution in [0.1, 0.15) is 104 Å². The zero-order valence-corrected chi connectivity index (χ0v) is 30.8. The number of phosphoric ester groups is 1. The number of aliphatic carboxylic acids is 1. The SMILES string of the molecule is CC/C=C\C/C=C\C/C=C\C/C=C\C/C=C\C/C=C\C/C=C\CC(=O)OCC(O)COP(=O)(O)OCC(NC(=O)CCCCCCC)C(=O)O. The fourth-order valence-corrected chi connectivity index (χ4v) is 4.76. The molecule has 0 heterocycles. The third-order valence-electron chi connectivity index (χ3n) is 6.73. The Morgan fingerprint density at radius 2 is 1.12 bits per heavy atom. The number of carboxylic acid groups (broad SMARTS) is 1. The van der Waals surface area contributed by atoms with E-state index in [1.165, 1.54) is 0 Å². The van der Waals surface area contributed by atoms with Crippen molar-refractivity contribution in [3.63, 3.8) is 0 Å². The van der Waals surface area contributed by atoms with Crippen LogP contribution in [0.4, 0.5) is 0 Å². The molecule has 0 spiro atoms. The predicted octanol–water partition coefficient (Wildman–Crippen LogP) is 7.99. The monoisotopic (exact) mass is 721 g/mol. The number of aliphatic hydroxyl groups excluding tert-OH is 1. The highest BCUT2D eigenvalue weighted by atomic mass is 31.2. The van der Waals surface area contributed by atoms with Crippen LogP contribution in [0, 0.1) is 0 Å². The van der Waals surface area contributed by atoms with Crippen LogP contribution in [0.15, 0.2) is 85.1 Å². The van der Waals surface area contributed by atoms with E-state index in [4.69, 9.17) is 4.74 Å². The topological polar surface area (TPSA) is 169 Å². The van der Waals surface area contributed by atoms with E-state index in [0.717, 1.165) is 64.2 Å². The molecule has 0 aromatic heterocycles. The molecule has 3 atom stereocenters. The lowest BCUT2D eigenvalue weighted by molar-refractivity contribution is -0.146. The van der Waals surface area contributed by atoms with Gasteiger partial charge in [0.1, 0.15) is 12.7 Å². The summed E-state index contributed by atoms with van der Waals surface area (Å²) in [6.45, 7) is 2.19. The zero-order valence-electron chi connectivity index (χ0n) is 29.9. The lowest BCUT2D eigenvalue weighted by atomic mass is 10.1. The average molecular weight is 722 g/mol. The molecule has 4 N–H and O–H groups in total. The van der Waals surface area contributed by atoms with E-state index in [-0.39, 0.29) is 12.8 Å². The van der Waals surface area contributed by atoms with Crippen LogP contribution < -0.4 is 5.32 Å². The van der Waals surface area contributed by atoms with E-state index in [9.17, 15) is 34.1 Å². The van der Waals surface area contributed by atoms with Crippen LogP contribution in [0.2, 0.25) is 0 Å². The van der Waals surface area contributed by atoms with Gasteiger partial charge in [0, 0.05) is 6.42 Å². The first-order valence-electron chi connectivity index (χ1n) is 17.6. The van der Waals surface area contributed by atoms with Gasteiger partial charge in [-0.3, -0.25) is 18.6 Å². The molecule has 0 saturated carbocycles. The molecule has 0 aliphatic rings. The second-order valence-corrected chi connectivity index (χ2v) is 12.8. The summed E-state index contributed by atoms with van der Waals surface area (Å²) in [5.41, 5.74) is 0. The standard InChI is InChI=1S/C38H60NO10P/c1-3-5-7-9-10-11-12-13-14-15-16-17-18-19-20-21-22-23-24-26-28-30-37(42)47-31-34(40)32-48-50(45,46)49-33-35(38(43)44)39-36(41)29-27-25-8-6-4-2/h5,7,10-11,13-14,16-17,19-20,22-23,26,28,34-35,40H,3-4,6,8-9,12,15,18,21,24-25,27,29-33H2,1-2H3,(H,39,41)(H,43,44)(H,45,46)/b7-5-,11-10-,14-13-,17-16-,20-19-,23-22-,28-26-. The Kier molecular flexibility index (Phi) is 30.6. The smallest absolute Gasteiger partial charge is 0.472 e. The third-order valence-corrected chi connectivity index (χ3v) is 7.68. The third kappa shape index (κ3) is 31.9. The van der Waals surface area contributed by atoms with Gasteiger partial charge < -0.3 is 25.2 Å². The average Bonchev–Trinajstić information content (AvgIpc) is 3.08. The Hall–Kier alpha value is -3.34. The number of unbranched alkanes of at least 4 members (excludes halogenated alkanes) is 4. The van der Waals surface area contributed by atoms with Crippen molar-refractivity contribution in [2.75, 3.05) is 19.8 Å². The molecule has 12 heteroatoms. The number of nitrogens with one attached hydrogen (secondary N) is 1. The maximum atomic E-state index is 12.1. The number of amides is 1. The number of ether oxygens (including phenoxy) is 1. The molecule has 11 nitrogen and oxygen atoms in total. The van der Waals surface area contributed by atoms with Crippen molar-refractivity contribution >= 4 is 25.7 Å². The van der Waals surface area contributed by atoms with Crippen molar-refractivity contribution in [1.82, 2.24) is 5.32 Å². The lowest BCUT2D eigenvalue weighted by Crippen LogP contribution is -2.43. The molecule has 0 aromatic carbocycles. The quantitative estimate of drug-likeness (QED) is 0.0238. The van der Waals surface area contributed by atoms with Crippen molar-refractivity contribution in [1.29, 1.82) is 0 Å². The molecule has 0 rings (SSSR count). The number of carbonyl (C=O) groups is 3. The minimum atomic E-state index is -4.76. The van der Waals surface area contributed by atoms with Crippen molar-refractivity contribution in [2.24, 2.45) is 0 Å². The zero-order chi connectivity index (χ0) is 37.1. The number of hydrogen-bond acceptors (Lipinski definition) is 8. The van der Waals surface area contributed by atoms with E-state index in [1.54, 1.807) is 6.08 Å². The van der Waals surface area contributed by atoms with Gasteiger partial charge >= 0.3 is 19.8 Å². The molecule has 50 heavy (non-hydrogen) atoms. The van der Waals surface area contributed by atoms with Gasteiger partial charge in [0.15, 0.2) is 6.04 Å². The molecule has 0 aromatic rings. The molecule has 0 bridgehead atoms. The Balaban J connectivity index is 4.07. The largest absolute Gasteiger partial charge is 0.480 e. The maximum absolute atomic E-state index is 12.1. The maximum Gasteiger partial charge on any atom is 0.472 e. The summed E-state index contributed by atoms with van der Waals surface area (Å²) in [5, 5.41) is 21.5. The van der Waals surface area contributed by atoms with Gasteiger partial charge in [-0.15, -0.1) is 0 Å². The van der Waals surface area contributed by atoms with Gasteiger partial charge in [0.05, 0.1) is 19.6 Å². The van der Waals surface area contributed by atoms with Crippen molar-refractivity contribution in [3.05, 3.63) is 85.1 Å². The Labute approximate surface area is 299 Å². The first kappa shape index (κ1) is 46.7. The summed E-state index contributed by atoms with van der Waals surface area (Å²) in [6.07, 6.45) is 38.6. The first-order valence-corrected chi connectivity index (χ1v) is 19.1. The van der Waals surface area contributed by atoms with Crippen molar-refractivity contribution in [2.45, 2.75) is 116 Å². The van der Waals surface area contributed by atoms with Crippen LogP contribution >= 0.6 is 7.82 Å². The molecule has 0 aliphatic heterocycles. The van der Waals surface area contributed by atoms with E-state index in [0.29, 0.717) is 12.8 Å². The lowest BCUT2D eigenvalue weighted by Gasteiger charge is -2.18. The molecular formula is C38H60NO10P. The Bertz CT molecular complexity index is 1170. The summed E-state index contributed by atoms with van der Waals surface area (Å²) in [7, 11) is -4.76. The van der Waals surface area contributed by atoms with Gasteiger partial charge in [-0.05, 0) is 51.4 Å². The second-order valence-electron chi connectivity index (χ2n) is 11.3. The molecule has 0 aliphatic carbocycles. The van der Waals surface area contributed by atoms with Crippen LogP contribution in [0.3, 0.4) is 0 Å². The van der Waals surface area contributed by atoms with E-state index in [1.807, 2.05) is 18.2 Å². The summed E-state index contributed by atoms with van der Waals surface area (Å²) in [6, 6.07) is -1.56. The van der Waals surface area contributed by atoms with E-state index in [2.05, 4.69) is 89.0 Å². The number of rotatable bonds is 31. The molecular weight excluding hydrogens is 661 g/mol. The number of allylic oxidation sites excluding steroid dienone is 13. The highest BCUT2D eigenvalue weighted by Crippen LogP contribution is 2.43. The second kappa shape index (κ2) is 32.8. The number of phosphoric acid groups is 1. The number of aliphatic hydroxyl groups is 1. The predicted molar refractivity (Wildman–Crippen MR) is 198 cm³/mol. The van der Waals surface area contributed by atoms with Crippen molar-refractivity contribution in [3.8, 4) is 0 Å². The Morgan fingerprint density at radius 3 is 1.60 bits per heavy atom. The number of hydrogen-bond donors (Lipinski definition) is 4. The highest BCUT2D eigenvalue weighted by molar-refractivity contribution is 7.47. The normalized spacial score (nSPS) is 15.0. The fourth-order valence-electron chi connectivity index (χ4n) is 3.99. The van der Waals surface area contributed by atoms with Gasteiger partial charge in [-0.1, -0.05) is 125 Å².